The fraction of sp³-hybridized carbons (Fsp3) is 0. The minimum atomic E-state index is 0.525. The summed E-state index contributed by atoms with van der Waals surface area (Å²) < 4.78 is 4.59. The van der Waals surface area contributed by atoms with E-state index in [0.29, 0.717) is 11.4 Å². The highest BCUT2D eigenvalue weighted by molar-refractivity contribution is 5.76. The molecule has 64 valence electrons. The number of rotatable bonds is 2. The summed E-state index contributed by atoms with van der Waals surface area (Å²) in [5.74, 6) is 0.525. The summed E-state index contributed by atoms with van der Waals surface area (Å²) in [6.07, 6.45) is 2.06. The Morgan fingerprint density at radius 2 is 2.00 bits per heavy atom. The zero-order valence-corrected chi connectivity index (χ0v) is 6.68. The molecule has 0 saturated heterocycles. The summed E-state index contributed by atoms with van der Waals surface area (Å²) in [6, 6.07) is 6.96. The lowest BCUT2D eigenvalue weighted by Gasteiger charge is -1.93. The number of carbonyl (C=O) groups excluding carboxylic acids is 1. The van der Waals surface area contributed by atoms with Crippen molar-refractivity contribution in [3.05, 3.63) is 36.2 Å². The standard InChI is InChI=1S/C9H6N2O2/c12-5-7-1-3-8(4-2-7)9-10-6-13-11-9/h1-6H. The van der Waals surface area contributed by atoms with Crippen molar-refractivity contribution >= 4 is 6.29 Å². The quantitative estimate of drug-likeness (QED) is 0.648. The number of carbonyl (C=O) groups is 1. The molecule has 0 fully saturated rings. The molecule has 0 saturated carbocycles. The van der Waals surface area contributed by atoms with Crippen LogP contribution in [-0.2, 0) is 0 Å². The Kier molecular flexibility index (Phi) is 1.88. The number of aldehydes is 1. The van der Waals surface area contributed by atoms with Gasteiger partial charge in [-0.15, -0.1) is 0 Å². The van der Waals surface area contributed by atoms with Gasteiger partial charge in [-0.2, -0.15) is 4.98 Å². The molecule has 0 atom stereocenters. The number of nitrogens with zero attached hydrogens (tertiary/aromatic N) is 2. The lowest BCUT2D eigenvalue weighted by atomic mass is 10.1. The zero-order chi connectivity index (χ0) is 9.10. The molecule has 0 radical (unpaired) electrons. The van der Waals surface area contributed by atoms with E-state index in [1.807, 2.05) is 0 Å². The van der Waals surface area contributed by atoms with Crippen molar-refractivity contribution < 1.29 is 9.32 Å². The van der Waals surface area contributed by atoms with Crippen molar-refractivity contribution in [2.75, 3.05) is 0 Å². The fourth-order valence-electron chi connectivity index (χ4n) is 1.01. The van der Waals surface area contributed by atoms with Crippen molar-refractivity contribution in [3.8, 4) is 11.4 Å². The highest BCUT2D eigenvalue weighted by Crippen LogP contribution is 2.13. The van der Waals surface area contributed by atoms with E-state index in [9.17, 15) is 4.79 Å². The molecule has 0 aliphatic heterocycles. The predicted molar refractivity (Wildman–Crippen MR) is 45.1 cm³/mol. The van der Waals surface area contributed by atoms with Gasteiger partial charge in [0.15, 0.2) is 0 Å². The van der Waals surface area contributed by atoms with Crippen molar-refractivity contribution in [2.45, 2.75) is 0 Å². The molecular formula is C9H6N2O2. The number of aromatic nitrogens is 2. The summed E-state index contributed by atoms with van der Waals surface area (Å²) in [5, 5.41) is 3.67. The molecule has 0 N–H and O–H groups in total. The molecule has 0 spiro atoms. The van der Waals surface area contributed by atoms with Crippen LogP contribution in [0.15, 0.2) is 35.2 Å². The van der Waals surface area contributed by atoms with E-state index in [1.165, 1.54) is 6.39 Å². The van der Waals surface area contributed by atoms with Gasteiger partial charge in [-0.25, -0.2) is 0 Å². The smallest absolute Gasteiger partial charge is 0.214 e. The monoisotopic (exact) mass is 174 g/mol. The van der Waals surface area contributed by atoms with E-state index in [4.69, 9.17) is 0 Å². The van der Waals surface area contributed by atoms with Gasteiger partial charge in [0.05, 0.1) is 0 Å². The molecule has 2 rings (SSSR count). The maximum absolute atomic E-state index is 10.4. The molecule has 1 aromatic carbocycles. The molecular weight excluding hydrogens is 168 g/mol. The van der Waals surface area contributed by atoms with E-state index in [2.05, 4.69) is 14.7 Å². The van der Waals surface area contributed by atoms with E-state index >= 15 is 0 Å². The van der Waals surface area contributed by atoms with Gasteiger partial charge in [0.25, 0.3) is 0 Å². The first-order chi connectivity index (χ1) is 6.40. The Hall–Kier alpha value is -1.97. The van der Waals surface area contributed by atoms with Crippen LogP contribution in [0.25, 0.3) is 11.4 Å². The van der Waals surface area contributed by atoms with E-state index in [-0.39, 0.29) is 0 Å². The maximum atomic E-state index is 10.4. The third-order valence-electron chi connectivity index (χ3n) is 1.67. The SMILES string of the molecule is O=Cc1ccc(-c2ncon2)cc1. The average molecular weight is 174 g/mol. The average Bonchev–Trinajstić information content (AvgIpc) is 2.71. The summed E-state index contributed by atoms with van der Waals surface area (Å²) >= 11 is 0. The predicted octanol–water partition coefficient (Wildman–Crippen LogP) is 1.55. The minimum absolute atomic E-state index is 0.525. The van der Waals surface area contributed by atoms with Gasteiger partial charge in [-0.1, -0.05) is 29.4 Å². The van der Waals surface area contributed by atoms with Crippen LogP contribution >= 0.6 is 0 Å². The lowest BCUT2D eigenvalue weighted by molar-refractivity contribution is 0.112. The fourth-order valence-corrected chi connectivity index (χ4v) is 1.01. The van der Waals surface area contributed by atoms with Crippen LogP contribution in [0.3, 0.4) is 0 Å². The van der Waals surface area contributed by atoms with Crippen LogP contribution in [-0.4, -0.2) is 16.4 Å². The topological polar surface area (TPSA) is 56.0 Å². The van der Waals surface area contributed by atoms with Crippen LogP contribution in [0.4, 0.5) is 0 Å². The van der Waals surface area contributed by atoms with Gasteiger partial charge in [0.1, 0.15) is 6.29 Å². The summed E-state index contributed by atoms with van der Waals surface area (Å²) in [4.78, 5) is 14.2. The molecule has 0 aliphatic rings. The zero-order valence-electron chi connectivity index (χ0n) is 6.68. The Bertz CT molecular complexity index is 392. The van der Waals surface area contributed by atoms with Crippen LogP contribution in [0.5, 0.6) is 0 Å². The van der Waals surface area contributed by atoms with Gasteiger partial charge in [-0.3, -0.25) is 4.79 Å². The van der Waals surface area contributed by atoms with Gasteiger partial charge in [0, 0.05) is 11.1 Å². The normalized spacial score (nSPS) is 9.85. The van der Waals surface area contributed by atoms with Crippen LogP contribution < -0.4 is 0 Å². The van der Waals surface area contributed by atoms with Gasteiger partial charge >= 0.3 is 0 Å². The van der Waals surface area contributed by atoms with Crippen molar-refractivity contribution in [3.63, 3.8) is 0 Å². The number of hydrogen-bond acceptors (Lipinski definition) is 4. The first-order valence-corrected chi connectivity index (χ1v) is 3.72. The highest BCUT2D eigenvalue weighted by Gasteiger charge is 2.01. The Labute approximate surface area is 74.2 Å². The lowest BCUT2D eigenvalue weighted by Crippen LogP contribution is -1.82. The van der Waals surface area contributed by atoms with Crippen LogP contribution in [0.2, 0.25) is 0 Å². The van der Waals surface area contributed by atoms with Gasteiger partial charge < -0.3 is 4.52 Å². The van der Waals surface area contributed by atoms with E-state index in [0.717, 1.165) is 11.8 Å². The highest BCUT2D eigenvalue weighted by atomic mass is 16.5. The Morgan fingerprint density at radius 3 is 2.54 bits per heavy atom. The third-order valence-corrected chi connectivity index (χ3v) is 1.67. The van der Waals surface area contributed by atoms with Gasteiger partial charge in [0.2, 0.25) is 12.2 Å². The maximum Gasteiger partial charge on any atom is 0.214 e. The molecule has 1 heterocycles. The molecule has 0 aliphatic carbocycles. The minimum Gasteiger partial charge on any atom is -0.342 e. The van der Waals surface area contributed by atoms with Crippen LogP contribution in [0.1, 0.15) is 10.4 Å². The third kappa shape index (κ3) is 1.46. The summed E-state index contributed by atoms with van der Waals surface area (Å²) in [7, 11) is 0. The Balaban J connectivity index is 2.38. The molecule has 1 aromatic heterocycles. The Morgan fingerprint density at radius 1 is 1.23 bits per heavy atom. The van der Waals surface area contributed by atoms with Crippen molar-refractivity contribution in [1.29, 1.82) is 0 Å². The van der Waals surface area contributed by atoms with Crippen molar-refractivity contribution in [1.82, 2.24) is 10.1 Å². The number of benzene rings is 1. The molecule has 0 amide bonds. The molecule has 4 nitrogen and oxygen atoms in total. The first-order valence-electron chi connectivity index (χ1n) is 3.72. The molecule has 2 aromatic rings. The molecule has 13 heavy (non-hydrogen) atoms. The van der Waals surface area contributed by atoms with Gasteiger partial charge in [-0.05, 0) is 0 Å². The second kappa shape index (κ2) is 3.18. The summed E-state index contributed by atoms with van der Waals surface area (Å²) in [6.45, 7) is 0. The second-order valence-corrected chi connectivity index (χ2v) is 2.49. The first kappa shape index (κ1) is 7.67. The largest absolute Gasteiger partial charge is 0.342 e. The second-order valence-electron chi connectivity index (χ2n) is 2.49. The van der Waals surface area contributed by atoms with Crippen molar-refractivity contribution in [2.24, 2.45) is 0 Å². The molecule has 0 bridgehead atoms. The van der Waals surface area contributed by atoms with E-state index < -0.39 is 0 Å². The molecule has 0 unspecified atom stereocenters. The summed E-state index contributed by atoms with van der Waals surface area (Å²) in [5.41, 5.74) is 1.46. The van der Waals surface area contributed by atoms with Crippen LogP contribution in [0, 0.1) is 0 Å². The molecule has 4 heteroatoms. The van der Waals surface area contributed by atoms with E-state index in [1.54, 1.807) is 24.3 Å². The number of hydrogen-bond donors (Lipinski definition) is 0.